The van der Waals surface area contributed by atoms with Crippen molar-refractivity contribution in [3.63, 3.8) is 0 Å². The summed E-state index contributed by atoms with van der Waals surface area (Å²) in [7, 11) is 1.75. The molecule has 0 aromatic heterocycles. The van der Waals surface area contributed by atoms with Crippen molar-refractivity contribution < 1.29 is 4.74 Å². The maximum atomic E-state index is 5.13. The van der Waals surface area contributed by atoms with E-state index in [4.69, 9.17) is 4.74 Å². The van der Waals surface area contributed by atoms with Crippen LogP contribution in [-0.4, -0.2) is 26.8 Å². The first kappa shape index (κ1) is 16.0. The van der Waals surface area contributed by atoms with E-state index in [9.17, 15) is 0 Å². The van der Waals surface area contributed by atoms with Gasteiger partial charge in [0.05, 0.1) is 6.61 Å². The van der Waals surface area contributed by atoms with Gasteiger partial charge in [0.2, 0.25) is 0 Å². The SMILES string of the molecule is COCCNCC1(c2ccccc2Br)CC(C(C)C)C1. The van der Waals surface area contributed by atoms with Crippen LogP contribution in [0.2, 0.25) is 0 Å². The van der Waals surface area contributed by atoms with Crippen LogP contribution in [0, 0.1) is 11.8 Å². The lowest BCUT2D eigenvalue weighted by Crippen LogP contribution is -2.50. The Hall–Kier alpha value is -0.380. The fourth-order valence-electron chi connectivity index (χ4n) is 3.27. The summed E-state index contributed by atoms with van der Waals surface area (Å²) in [5.41, 5.74) is 1.75. The molecular formula is C17H26BrNO. The predicted molar refractivity (Wildman–Crippen MR) is 88.1 cm³/mol. The van der Waals surface area contributed by atoms with E-state index in [0.29, 0.717) is 5.41 Å². The van der Waals surface area contributed by atoms with Gasteiger partial charge in [0.1, 0.15) is 0 Å². The number of ether oxygens (including phenoxy) is 1. The molecule has 1 fully saturated rings. The summed E-state index contributed by atoms with van der Waals surface area (Å²) in [5.74, 6) is 1.64. The standard InChI is InChI=1S/C17H26BrNO/c1-13(2)14-10-17(11-14,12-19-8-9-20-3)15-6-4-5-7-16(15)18/h4-7,13-14,19H,8-12H2,1-3H3. The van der Waals surface area contributed by atoms with Gasteiger partial charge in [-0.2, -0.15) is 0 Å². The van der Waals surface area contributed by atoms with Crippen molar-refractivity contribution in [2.75, 3.05) is 26.8 Å². The normalized spacial score (nSPS) is 25.8. The van der Waals surface area contributed by atoms with Gasteiger partial charge in [0.25, 0.3) is 0 Å². The lowest BCUT2D eigenvalue weighted by atomic mass is 9.56. The Balaban J connectivity index is 2.08. The van der Waals surface area contributed by atoms with E-state index in [1.807, 2.05) is 0 Å². The smallest absolute Gasteiger partial charge is 0.0587 e. The first-order valence-electron chi connectivity index (χ1n) is 7.54. The van der Waals surface area contributed by atoms with Gasteiger partial charge in [0.15, 0.2) is 0 Å². The van der Waals surface area contributed by atoms with Crippen molar-refractivity contribution in [1.29, 1.82) is 0 Å². The van der Waals surface area contributed by atoms with Crippen molar-refractivity contribution in [3.8, 4) is 0 Å². The highest BCUT2D eigenvalue weighted by atomic mass is 79.9. The Morgan fingerprint density at radius 1 is 1.35 bits per heavy atom. The van der Waals surface area contributed by atoms with Crippen LogP contribution in [-0.2, 0) is 10.2 Å². The van der Waals surface area contributed by atoms with E-state index in [1.54, 1.807) is 7.11 Å². The van der Waals surface area contributed by atoms with Gasteiger partial charge in [-0.1, -0.05) is 48.0 Å². The zero-order chi connectivity index (χ0) is 14.6. The fourth-order valence-corrected chi connectivity index (χ4v) is 3.97. The molecular weight excluding hydrogens is 314 g/mol. The van der Waals surface area contributed by atoms with Crippen molar-refractivity contribution in [2.45, 2.75) is 32.1 Å². The maximum absolute atomic E-state index is 5.13. The summed E-state index contributed by atoms with van der Waals surface area (Å²) >= 11 is 3.73. The van der Waals surface area contributed by atoms with E-state index in [1.165, 1.54) is 22.9 Å². The Labute approximate surface area is 131 Å². The maximum Gasteiger partial charge on any atom is 0.0587 e. The predicted octanol–water partition coefficient (Wildman–Crippen LogP) is 3.99. The summed E-state index contributed by atoms with van der Waals surface area (Å²) in [6, 6.07) is 8.69. The van der Waals surface area contributed by atoms with Gasteiger partial charge in [-0.25, -0.2) is 0 Å². The number of rotatable bonds is 7. The van der Waals surface area contributed by atoms with Crippen LogP contribution in [0.15, 0.2) is 28.7 Å². The second-order valence-electron chi connectivity index (χ2n) is 6.34. The Morgan fingerprint density at radius 2 is 2.05 bits per heavy atom. The van der Waals surface area contributed by atoms with Gasteiger partial charge in [-0.3, -0.25) is 0 Å². The summed E-state index contributed by atoms with van der Waals surface area (Å²) in [6.07, 6.45) is 2.57. The molecule has 2 nitrogen and oxygen atoms in total. The molecule has 0 amide bonds. The third kappa shape index (κ3) is 3.44. The Bertz CT molecular complexity index is 427. The molecule has 1 N–H and O–H groups in total. The quantitative estimate of drug-likeness (QED) is 0.758. The van der Waals surface area contributed by atoms with Crippen LogP contribution in [0.1, 0.15) is 32.3 Å². The molecule has 1 aliphatic carbocycles. The van der Waals surface area contributed by atoms with Crippen LogP contribution in [0.3, 0.4) is 0 Å². The number of hydrogen-bond acceptors (Lipinski definition) is 2. The minimum Gasteiger partial charge on any atom is -0.383 e. The molecule has 0 radical (unpaired) electrons. The Morgan fingerprint density at radius 3 is 2.65 bits per heavy atom. The largest absolute Gasteiger partial charge is 0.383 e. The summed E-state index contributed by atoms with van der Waals surface area (Å²) in [4.78, 5) is 0. The lowest BCUT2D eigenvalue weighted by Gasteiger charge is -2.50. The fraction of sp³-hybridized carbons (Fsp3) is 0.647. The minimum atomic E-state index is 0.294. The molecule has 0 atom stereocenters. The Kier molecular flexibility index (Phi) is 5.65. The minimum absolute atomic E-state index is 0.294. The molecule has 0 heterocycles. The van der Waals surface area contributed by atoms with E-state index in [-0.39, 0.29) is 0 Å². The van der Waals surface area contributed by atoms with Gasteiger partial charge >= 0.3 is 0 Å². The van der Waals surface area contributed by atoms with E-state index in [2.05, 4.69) is 59.4 Å². The van der Waals surface area contributed by atoms with Crippen LogP contribution in [0.4, 0.5) is 0 Å². The average Bonchev–Trinajstić information content (AvgIpc) is 2.37. The van der Waals surface area contributed by atoms with E-state index < -0.39 is 0 Å². The average molecular weight is 340 g/mol. The molecule has 0 bridgehead atoms. The lowest BCUT2D eigenvalue weighted by molar-refractivity contribution is 0.0943. The molecule has 1 aliphatic rings. The summed E-state index contributed by atoms with van der Waals surface area (Å²) < 4.78 is 6.37. The molecule has 2 rings (SSSR count). The zero-order valence-corrected chi connectivity index (χ0v) is 14.4. The van der Waals surface area contributed by atoms with Crippen molar-refractivity contribution in [2.24, 2.45) is 11.8 Å². The van der Waals surface area contributed by atoms with Crippen molar-refractivity contribution in [1.82, 2.24) is 5.32 Å². The van der Waals surface area contributed by atoms with E-state index in [0.717, 1.165) is 31.5 Å². The molecule has 20 heavy (non-hydrogen) atoms. The first-order chi connectivity index (χ1) is 9.59. The van der Waals surface area contributed by atoms with E-state index >= 15 is 0 Å². The molecule has 0 saturated heterocycles. The monoisotopic (exact) mass is 339 g/mol. The highest BCUT2D eigenvalue weighted by Gasteiger charge is 2.46. The number of methoxy groups -OCH3 is 1. The molecule has 1 aromatic rings. The molecule has 0 spiro atoms. The molecule has 0 unspecified atom stereocenters. The zero-order valence-electron chi connectivity index (χ0n) is 12.8. The number of halogens is 1. The number of hydrogen-bond donors (Lipinski definition) is 1. The summed E-state index contributed by atoms with van der Waals surface area (Å²) in [5, 5.41) is 3.57. The highest BCUT2D eigenvalue weighted by molar-refractivity contribution is 9.10. The molecule has 1 saturated carbocycles. The van der Waals surface area contributed by atoms with Crippen molar-refractivity contribution >= 4 is 15.9 Å². The molecule has 0 aliphatic heterocycles. The topological polar surface area (TPSA) is 21.3 Å². The van der Waals surface area contributed by atoms with Gasteiger partial charge in [-0.05, 0) is 36.3 Å². The molecule has 1 aromatic carbocycles. The van der Waals surface area contributed by atoms with Gasteiger partial charge in [-0.15, -0.1) is 0 Å². The van der Waals surface area contributed by atoms with Crippen LogP contribution in [0.25, 0.3) is 0 Å². The second-order valence-corrected chi connectivity index (χ2v) is 7.20. The van der Waals surface area contributed by atoms with Crippen LogP contribution < -0.4 is 5.32 Å². The highest BCUT2D eigenvalue weighted by Crippen LogP contribution is 2.51. The second kappa shape index (κ2) is 7.06. The summed E-state index contributed by atoms with van der Waals surface area (Å²) in [6.45, 7) is 7.43. The van der Waals surface area contributed by atoms with Crippen molar-refractivity contribution in [3.05, 3.63) is 34.3 Å². The van der Waals surface area contributed by atoms with Gasteiger partial charge in [0, 0.05) is 30.1 Å². The third-order valence-corrected chi connectivity index (χ3v) is 5.33. The molecule has 3 heteroatoms. The number of nitrogens with one attached hydrogen (secondary N) is 1. The third-order valence-electron chi connectivity index (χ3n) is 4.64. The van der Waals surface area contributed by atoms with Crippen LogP contribution >= 0.6 is 15.9 Å². The molecule has 112 valence electrons. The van der Waals surface area contributed by atoms with Gasteiger partial charge < -0.3 is 10.1 Å². The van der Waals surface area contributed by atoms with Crippen LogP contribution in [0.5, 0.6) is 0 Å². The first-order valence-corrected chi connectivity index (χ1v) is 8.33. The number of benzene rings is 1.